The van der Waals surface area contributed by atoms with Crippen LogP contribution in [0.15, 0.2) is 18.3 Å². The Hall–Kier alpha value is -2.15. The SMILES string of the molecule is CNc1cc(C(=O)N2CCN3CCNC(=O)C3C2)ccn1. The molecule has 1 atom stereocenters. The van der Waals surface area contributed by atoms with E-state index in [9.17, 15) is 9.59 Å². The summed E-state index contributed by atoms with van der Waals surface area (Å²) < 4.78 is 0. The van der Waals surface area contributed by atoms with Gasteiger partial charge in [0.2, 0.25) is 5.91 Å². The summed E-state index contributed by atoms with van der Waals surface area (Å²) in [6, 6.07) is 3.22. The summed E-state index contributed by atoms with van der Waals surface area (Å²) in [5, 5.41) is 5.78. The Morgan fingerprint density at radius 3 is 3.10 bits per heavy atom. The van der Waals surface area contributed by atoms with Crippen LogP contribution in [0.3, 0.4) is 0 Å². The topological polar surface area (TPSA) is 77.6 Å². The molecule has 21 heavy (non-hydrogen) atoms. The van der Waals surface area contributed by atoms with Crippen molar-refractivity contribution in [3.8, 4) is 0 Å². The van der Waals surface area contributed by atoms with E-state index in [1.807, 2.05) is 0 Å². The first-order chi connectivity index (χ1) is 10.2. The third-order valence-corrected chi connectivity index (χ3v) is 4.04. The van der Waals surface area contributed by atoms with Crippen molar-refractivity contribution in [1.29, 1.82) is 0 Å². The monoisotopic (exact) mass is 289 g/mol. The van der Waals surface area contributed by atoms with Gasteiger partial charge in [0.05, 0.1) is 0 Å². The van der Waals surface area contributed by atoms with Gasteiger partial charge in [0.1, 0.15) is 11.9 Å². The van der Waals surface area contributed by atoms with Crippen molar-refractivity contribution in [3.05, 3.63) is 23.9 Å². The lowest BCUT2D eigenvalue weighted by Crippen LogP contribution is -2.64. The zero-order chi connectivity index (χ0) is 14.8. The molecule has 2 aliphatic heterocycles. The molecule has 2 saturated heterocycles. The minimum Gasteiger partial charge on any atom is -0.373 e. The van der Waals surface area contributed by atoms with E-state index in [-0.39, 0.29) is 17.9 Å². The number of pyridine rings is 1. The molecule has 2 fully saturated rings. The highest BCUT2D eigenvalue weighted by molar-refractivity contribution is 5.95. The first kappa shape index (κ1) is 13.8. The van der Waals surface area contributed by atoms with Crippen molar-refractivity contribution < 1.29 is 9.59 Å². The molecule has 2 aliphatic rings. The third kappa shape index (κ3) is 2.69. The quantitative estimate of drug-likeness (QED) is 0.759. The van der Waals surface area contributed by atoms with Crippen LogP contribution in [0.2, 0.25) is 0 Å². The standard InChI is InChI=1S/C14H19N5O2/c1-15-12-8-10(2-3-16-12)14(21)19-7-6-18-5-4-17-13(20)11(18)9-19/h2-3,8,11H,4-7,9H2,1H3,(H,15,16)(H,17,20). The molecule has 7 heteroatoms. The number of nitrogens with zero attached hydrogens (tertiary/aromatic N) is 3. The molecule has 0 spiro atoms. The smallest absolute Gasteiger partial charge is 0.254 e. The molecule has 0 saturated carbocycles. The number of anilines is 1. The number of hydrogen-bond acceptors (Lipinski definition) is 5. The van der Waals surface area contributed by atoms with E-state index in [2.05, 4.69) is 20.5 Å². The molecule has 1 aromatic heterocycles. The predicted octanol–water partition coefficient (Wildman–Crippen LogP) is -0.620. The summed E-state index contributed by atoms with van der Waals surface area (Å²) in [5.41, 5.74) is 0.596. The molecular weight excluding hydrogens is 270 g/mol. The summed E-state index contributed by atoms with van der Waals surface area (Å²) in [6.45, 7) is 3.40. The van der Waals surface area contributed by atoms with Crippen LogP contribution in [0.4, 0.5) is 5.82 Å². The zero-order valence-corrected chi connectivity index (χ0v) is 12.0. The lowest BCUT2D eigenvalue weighted by atomic mass is 10.1. The average Bonchev–Trinajstić information content (AvgIpc) is 2.54. The van der Waals surface area contributed by atoms with E-state index in [4.69, 9.17) is 0 Å². The fourth-order valence-corrected chi connectivity index (χ4v) is 2.84. The molecule has 2 N–H and O–H groups in total. The Bertz CT molecular complexity index is 562. The largest absolute Gasteiger partial charge is 0.373 e. The van der Waals surface area contributed by atoms with E-state index < -0.39 is 0 Å². The number of nitrogens with one attached hydrogen (secondary N) is 2. The second-order valence-electron chi connectivity index (χ2n) is 5.27. The molecule has 3 rings (SSSR count). The van der Waals surface area contributed by atoms with E-state index in [1.165, 1.54) is 0 Å². The lowest BCUT2D eigenvalue weighted by Gasteiger charge is -2.43. The Morgan fingerprint density at radius 2 is 2.29 bits per heavy atom. The first-order valence-corrected chi connectivity index (χ1v) is 7.14. The number of carbonyl (C=O) groups is 2. The summed E-state index contributed by atoms with van der Waals surface area (Å²) in [4.78, 5) is 32.5. The van der Waals surface area contributed by atoms with Crippen LogP contribution in [-0.4, -0.2) is 72.4 Å². The Balaban J connectivity index is 1.74. The van der Waals surface area contributed by atoms with Crippen molar-refractivity contribution in [2.24, 2.45) is 0 Å². The highest BCUT2D eigenvalue weighted by Gasteiger charge is 2.36. The second-order valence-corrected chi connectivity index (χ2v) is 5.27. The molecule has 2 amide bonds. The maximum atomic E-state index is 12.6. The number of carbonyl (C=O) groups excluding carboxylic acids is 2. The van der Waals surface area contributed by atoms with Crippen LogP contribution < -0.4 is 10.6 Å². The fraction of sp³-hybridized carbons (Fsp3) is 0.500. The second kappa shape index (κ2) is 5.69. The van der Waals surface area contributed by atoms with Crippen LogP contribution in [0.1, 0.15) is 10.4 Å². The Morgan fingerprint density at radius 1 is 1.43 bits per heavy atom. The van der Waals surface area contributed by atoms with Gasteiger partial charge in [0.15, 0.2) is 0 Å². The average molecular weight is 289 g/mol. The van der Waals surface area contributed by atoms with Crippen molar-refractivity contribution in [2.75, 3.05) is 45.1 Å². The molecule has 0 bridgehead atoms. The summed E-state index contributed by atoms with van der Waals surface area (Å²) in [5.74, 6) is 0.631. The minimum atomic E-state index is -0.220. The maximum Gasteiger partial charge on any atom is 0.254 e. The highest BCUT2D eigenvalue weighted by Crippen LogP contribution is 2.16. The van der Waals surface area contributed by atoms with Crippen molar-refractivity contribution in [1.82, 2.24) is 20.1 Å². The van der Waals surface area contributed by atoms with Gasteiger partial charge in [-0.3, -0.25) is 14.5 Å². The third-order valence-electron chi connectivity index (χ3n) is 4.04. The maximum absolute atomic E-state index is 12.6. The molecule has 0 aromatic carbocycles. The van der Waals surface area contributed by atoms with Gasteiger partial charge in [0.25, 0.3) is 5.91 Å². The van der Waals surface area contributed by atoms with E-state index in [0.29, 0.717) is 31.0 Å². The summed E-state index contributed by atoms with van der Waals surface area (Å²) in [6.07, 6.45) is 1.61. The van der Waals surface area contributed by atoms with Crippen molar-refractivity contribution in [3.63, 3.8) is 0 Å². The van der Waals surface area contributed by atoms with Gasteiger partial charge in [-0.25, -0.2) is 4.98 Å². The van der Waals surface area contributed by atoms with Gasteiger partial charge in [-0.05, 0) is 12.1 Å². The van der Waals surface area contributed by atoms with Crippen molar-refractivity contribution in [2.45, 2.75) is 6.04 Å². The van der Waals surface area contributed by atoms with Gasteiger partial charge in [0, 0.05) is 51.5 Å². The number of amides is 2. The Kier molecular flexibility index (Phi) is 3.74. The molecule has 0 aliphatic carbocycles. The normalized spacial score (nSPS) is 22.4. The minimum absolute atomic E-state index is 0.0180. The molecular formula is C14H19N5O2. The van der Waals surface area contributed by atoms with E-state index >= 15 is 0 Å². The van der Waals surface area contributed by atoms with Gasteiger partial charge < -0.3 is 15.5 Å². The van der Waals surface area contributed by atoms with Gasteiger partial charge in [-0.1, -0.05) is 0 Å². The van der Waals surface area contributed by atoms with Crippen LogP contribution in [0, 0.1) is 0 Å². The number of hydrogen-bond donors (Lipinski definition) is 2. The first-order valence-electron chi connectivity index (χ1n) is 7.14. The van der Waals surface area contributed by atoms with Crippen LogP contribution >= 0.6 is 0 Å². The number of rotatable bonds is 2. The number of fused-ring (bicyclic) bond motifs is 1. The van der Waals surface area contributed by atoms with E-state index in [1.54, 1.807) is 30.3 Å². The molecule has 1 unspecified atom stereocenters. The molecule has 0 radical (unpaired) electrons. The number of aromatic nitrogens is 1. The van der Waals surface area contributed by atoms with Crippen LogP contribution in [0.25, 0.3) is 0 Å². The van der Waals surface area contributed by atoms with Crippen LogP contribution in [-0.2, 0) is 4.79 Å². The van der Waals surface area contributed by atoms with Gasteiger partial charge in [-0.15, -0.1) is 0 Å². The van der Waals surface area contributed by atoms with Crippen molar-refractivity contribution >= 4 is 17.6 Å². The highest BCUT2D eigenvalue weighted by atomic mass is 16.2. The van der Waals surface area contributed by atoms with E-state index in [0.717, 1.165) is 13.1 Å². The summed E-state index contributed by atoms with van der Waals surface area (Å²) >= 11 is 0. The number of piperazine rings is 2. The molecule has 7 nitrogen and oxygen atoms in total. The summed E-state index contributed by atoms with van der Waals surface area (Å²) in [7, 11) is 1.77. The lowest BCUT2D eigenvalue weighted by molar-refractivity contribution is -0.131. The zero-order valence-electron chi connectivity index (χ0n) is 12.0. The molecule has 112 valence electrons. The molecule has 3 heterocycles. The van der Waals surface area contributed by atoms with Gasteiger partial charge >= 0.3 is 0 Å². The molecule has 1 aromatic rings. The predicted molar refractivity (Wildman–Crippen MR) is 78.1 cm³/mol. The van der Waals surface area contributed by atoms with Crippen LogP contribution in [0.5, 0.6) is 0 Å². The van der Waals surface area contributed by atoms with Gasteiger partial charge in [-0.2, -0.15) is 0 Å². The Labute approximate surface area is 123 Å². The fourth-order valence-electron chi connectivity index (χ4n) is 2.84.